The minimum Gasteiger partial charge on any atom is -0.408 e. The number of aryl methyl sites for hydroxylation is 1. The molecule has 0 aliphatic rings. The van der Waals surface area contributed by atoms with Crippen LogP contribution in [0.5, 0.6) is 0 Å². The lowest BCUT2D eigenvalue weighted by Crippen LogP contribution is -2.28. The van der Waals surface area contributed by atoms with Crippen LogP contribution < -0.4 is 16.0 Å². The Balaban J connectivity index is 1.88. The van der Waals surface area contributed by atoms with Crippen molar-refractivity contribution in [3.63, 3.8) is 0 Å². The molecule has 23 heavy (non-hydrogen) atoms. The Hall–Kier alpha value is -3.16. The van der Waals surface area contributed by atoms with E-state index in [0.29, 0.717) is 24.3 Å². The molecule has 3 N–H and O–H groups in total. The van der Waals surface area contributed by atoms with Gasteiger partial charge in [-0.05, 0) is 24.4 Å². The third-order valence-electron chi connectivity index (χ3n) is 3.11. The van der Waals surface area contributed by atoms with Gasteiger partial charge in [-0.2, -0.15) is 0 Å². The highest BCUT2D eigenvalue weighted by molar-refractivity contribution is 5.97. The van der Waals surface area contributed by atoms with Gasteiger partial charge in [0.1, 0.15) is 5.82 Å². The summed E-state index contributed by atoms with van der Waals surface area (Å²) >= 11 is 0. The molecule has 1 aromatic carbocycles. The molecule has 8 heteroatoms. The number of carbonyl (C=O) groups excluding carboxylic acids is 1. The fourth-order valence-electron chi connectivity index (χ4n) is 2.13. The third kappa shape index (κ3) is 3.37. The largest absolute Gasteiger partial charge is 0.408 e. The minimum atomic E-state index is -0.282. The predicted molar refractivity (Wildman–Crippen MR) is 86.8 cm³/mol. The van der Waals surface area contributed by atoms with E-state index < -0.39 is 0 Å². The van der Waals surface area contributed by atoms with Crippen LogP contribution in [0.4, 0.5) is 22.3 Å². The molecule has 0 unspecified atom stereocenters. The third-order valence-corrected chi connectivity index (χ3v) is 3.11. The summed E-state index contributed by atoms with van der Waals surface area (Å²) in [6.07, 6.45) is 1.68. The number of nitrogens with one attached hydrogen (secondary N) is 3. The van der Waals surface area contributed by atoms with Gasteiger partial charge in [0.2, 0.25) is 5.89 Å². The first-order chi connectivity index (χ1) is 11.2. The summed E-state index contributed by atoms with van der Waals surface area (Å²) in [5.74, 6) is 0.966. The fourth-order valence-corrected chi connectivity index (χ4v) is 2.13. The summed E-state index contributed by atoms with van der Waals surface area (Å²) in [4.78, 5) is 15.8. The van der Waals surface area contributed by atoms with Crippen molar-refractivity contribution in [2.45, 2.75) is 13.8 Å². The van der Waals surface area contributed by atoms with Crippen molar-refractivity contribution in [3.05, 3.63) is 36.4 Å². The van der Waals surface area contributed by atoms with Crippen LogP contribution in [-0.4, -0.2) is 27.8 Å². The number of amides is 2. The lowest BCUT2D eigenvalue weighted by molar-refractivity contribution is 0.252. The van der Waals surface area contributed by atoms with Crippen LogP contribution in [0.3, 0.4) is 0 Å². The Morgan fingerprint density at radius 3 is 2.91 bits per heavy atom. The molecule has 0 saturated carbocycles. The first-order valence-corrected chi connectivity index (χ1v) is 7.16. The van der Waals surface area contributed by atoms with Crippen LogP contribution in [0.15, 0.2) is 34.9 Å². The summed E-state index contributed by atoms with van der Waals surface area (Å²) < 4.78 is 5.32. The maximum atomic E-state index is 11.6. The molecule has 3 rings (SSSR count). The molecular weight excluding hydrogens is 296 g/mol. The normalized spacial score (nSPS) is 10.5. The average Bonchev–Trinajstić information content (AvgIpc) is 2.93. The van der Waals surface area contributed by atoms with Crippen molar-refractivity contribution in [1.29, 1.82) is 0 Å². The number of anilines is 3. The first-order valence-electron chi connectivity index (χ1n) is 7.16. The summed E-state index contributed by atoms with van der Waals surface area (Å²) in [6, 6.07) is 7.55. The quantitative estimate of drug-likeness (QED) is 0.684. The molecule has 0 bridgehead atoms. The number of rotatable bonds is 4. The second-order valence-electron chi connectivity index (χ2n) is 4.83. The van der Waals surface area contributed by atoms with Crippen molar-refractivity contribution in [2.75, 3.05) is 17.2 Å². The molecule has 0 aliphatic carbocycles. The Bertz CT molecular complexity index is 845. The fraction of sp³-hybridized carbons (Fsp3) is 0.200. The van der Waals surface area contributed by atoms with Crippen molar-refractivity contribution in [3.8, 4) is 0 Å². The van der Waals surface area contributed by atoms with Gasteiger partial charge in [-0.3, -0.25) is 5.32 Å². The topological polar surface area (TPSA) is 105 Å². The maximum Gasteiger partial charge on any atom is 0.320 e. The Kier molecular flexibility index (Phi) is 4.05. The van der Waals surface area contributed by atoms with Crippen molar-refractivity contribution >= 4 is 34.3 Å². The van der Waals surface area contributed by atoms with E-state index in [1.165, 1.54) is 0 Å². The van der Waals surface area contributed by atoms with Crippen LogP contribution in [0.1, 0.15) is 12.8 Å². The minimum absolute atomic E-state index is 0.282. The molecule has 0 radical (unpaired) electrons. The molecule has 2 amide bonds. The number of pyridine rings is 1. The molecule has 0 spiro atoms. The summed E-state index contributed by atoms with van der Waals surface area (Å²) in [5.41, 5.74) is 0.795. The molecule has 2 aromatic heterocycles. The molecule has 0 saturated heterocycles. The van der Waals surface area contributed by atoms with Gasteiger partial charge in [0, 0.05) is 25.1 Å². The van der Waals surface area contributed by atoms with Crippen molar-refractivity contribution in [2.24, 2.45) is 0 Å². The second kappa shape index (κ2) is 6.30. The monoisotopic (exact) mass is 312 g/mol. The Morgan fingerprint density at radius 2 is 2.17 bits per heavy atom. The lowest BCUT2D eigenvalue weighted by Gasteiger charge is -2.09. The van der Waals surface area contributed by atoms with E-state index >= 15 is 0 Å². The molecule has 3 aromatic rings. The number of hydrogen-bond acceptors (Lipinski definition) is 6. The highest BCUT2D eigenvalue weighted by Crippen LogP contribution is 2.26. The van der Waals surface area contributed by atoms with Gasteiger partial charge in [-0.15, -0.1) is 5.10 Å². The highest BCUT2D eigenvalue weighted by Gasteiger charge is 2.08. The van der Waals surface area contributed by atoms with E-state index in [2.05, 4.69) is 31.1 Å². The lowest BCUT2D eigenvalue weighted by atomic mass is 10.1. The number of hydrogen-bond donors (Lipinski definition) is 3. The van der Waals surface area contributed by atoms with Crippen LogP contribution in [0, 0.1) is 6.92 Å². The van der Waals surface area contributed by atoms with Gasteiger partial charge in [0.25, 0.3) is 0 Å². The van der Waals surface area contributed by atoms with Gasteiger partial charge < -0.3 is 15.1 Å². The molecule has 0 atom stereocenters. The molecule has 2 heterocycles. The van der Waals surface area contributed by atoms with E-state index in [9.17, 15) is 4.79 Å². The number of aromatic nitrogens is 3. The number of urea groups is 1. The number of benzene rings is 1. The molecule has 0 aliphatic heterocycles. The van der Waals surface area contributed by atoms with Gasteiger partial charge in [0.05, 0.1) is 5.69 Å². The van der Waals surface area contributed by atoms with Crippen LogP contribution in [0.25, 0.3) is 10.8 Å². The zero-order chi connectivity index (χ0) is 16.2. The van der Waals surface area contributed by atoms with E-state index in [1.54, 1.807) is 19.2 Å². The SMILES string of the molecule is CCNC(=O)Nc1cc2cccc(Nc3nnc(C)o3)c2cn1. The second-order valence-corrected chi connectivity index (χ2v) is 4.83. The standard InChI is InChI=1S/C15H16N6O2/c1-3-16-14(22)19-13-7-10-5-4-6-12(11(10)8-17-13)18-15-21-20-9(2)23-15/h4-8H,3H2,1-2H3,(H,18,21)(H2,16,17,19,22). The van der Waals surface area contributed by atoms with Gasteiger partial charge >= 0.3 is 12.0 Å². The Labute approximate surface area is 132 Å². The molecule has 8 nitrogen and oxygen atoms in total. The summed E-state index contributed by atoms with van der Waals surface area (Å²) in [7, 11) is 0. The molecule has 118 valence electrons. The smallest absolute Gasteiger partial charge is 0.320 e. The first kappa shape index (κ1) is 14.8. The Morgan fingerprint density at radius 1 is 1.30 bits per heavy atom. The van der Waals surface area contributed by atoms with E-state index in [-0.39, 0.29) is 6.03 Å². The summed E-state index contributed by atoms with van der Waals surface area (Å²) in [6.45, 7) is 4.13. The van der Waals surface area contributed by atoms with Crippen LogP contribution in [-0.2, 0) is 0 Å². The van der Waals surface area contributed by atoms with E-state index in [1.807, 2.05) is 25.1 Å². The maximum absolute atomic E-state index is 11.6. The van der Waals surface area contributed by atoms with E-state index in [4.69, 9.17) is 4.42 Å². The average molecular weight is 312 g/mol. The number of carbonyl (C=O) groups is 1. The van der Waals surface area contributed by atoms with Crippen LogP contribution in [0.2, 0.25) is 0 Å². The number of fused-ring (bicyclic) bond motifs is 1. The number of nitrogens with zero attached hydrogens (tertiary/aromatic N) is 3. The van der Waals surface area contributed by atoms with E-state index in [0.717, 1.165) is 16.5 Å². The molecular formula is C15H16N6O2. The van der Waals surface area contributed by atoms with Gasteiger partial charge in [-0.25, -0.2) is 9.78 Å². The zero-order valence-electron chi connectivity index (χ0n) is 12.8. The van der Waals surface area contributed by atoms with Crippen molar-refractivity contribution in [1.82, 2.24) is 20.5 Å². The highest BCUT2D eigenvalue weighted by atomic mass is 16.4. The van der Waals surface area contributed by atoms with Gasteiger partial charge in [-0.1, -0.05) is 17.2 Å². The summed E-state index contributed by atoms with van der Waals surface area (Å²) in [5, 5.41) is 17.9. The molecule has 0 fully saturated rings. The zero-order valence-corrected chi connectivity index (χ0v) is 12.8. The van der Waals surface area contributed by atoms with Gasteiger partial charge in [0.15, 0.2) is 0 Å². The van der Waals surface area contributed by atoms with Crippen LogP contribution >= 0.6 is 0 Å². The predicted octanol–water partition coefficient (Wildman–Crippen LogP) is 2.81. The van der Waals surface area contributed by atoms with Crippen molar-refractivity contribution < 1.29 is 9.21 Å².